The third kappa shape index (κ3) is 5.10. The third-order valence-electron chi connectivity index (χ3n) is 4.08. The number of rotatable bonds is 5. The molecule has 3 rings (SSSR count). The quantitative estimate of drug-likeness (QED) is 0.512. The molecule has 0 aromatic heterocycles. The first kappa shape index (κ1) is 19.4. The van der Waals surface area contributed by atoms with Gasteiger partial charge in [0.2, 0.25) is 5.91 Å². The van der Waals surface area contributed by atoms with Crippen LogP contribution in [0.2, 0.25) is 0 Å². The van der Waals surface area contributed by atoms with E-state index in [1.807, 2.05) is 57.2 Å². The van der Waals surface area contributed by atoms with Gasteiger partial charge in [0.05, 0.1) is 0 Å². The van der Waals surface area contributed by atoms with E-state index in [0.29, 0.717) is 17.2 Å². The Morgan fingerprint density at radius 3 is 2.36 bits per heavy atom. The summed E-state index contributed by atoms with van der Waals surface area (Å²) < 4.78 is 10.9. The van der Waals surface area contributed by atoms with Crippen molar-refractivity contribution in [3.05, 3.63) is 66.7 Å². The zero-order valence-corrected chi connectivity index (χ0v) is 16.2. The van der Waals surface area contributed by atoms with E-state index in [9.17, 15) is 9.59 Å². The number of amides is 1. The molecule has 0 spiro atoms. The minimum atomic E-state index is -0.501. The zero-order valence-electron chi connectivity index (χ0n) is 16.2. The minimum absolute atomic E-state index is 0.0969. The molecule has 0 saturated heterocycles. The van der Waals surface area contributed by atoms with Crippen LogP contribution in [-0.4, -0.2) is 18.5 Å². The molecule has 0 aliphatic heterocycles. The Balaban J connectivity index is 1.58. The van der Waals surface area contributed by atoms with Gasteiger partial charge in [-0.2, -0.15) is 0 Å². The van der Waals surface area contributed by atoms with Crippen LogP contribution in [0.3, 0.4) is 0 Å². The maximum atomic E-state index is 12.1. The van der Waals surface area contributed by atoms with Crippen molar-refractivity contribution in [2.75, 3.05) is 11.9 Å². The molecule has 0 saturated carbocycles. The smallest absolute Gasteiger partial charge is 0.349 e. The van der Waals surface area contributed by atoms with Crippen molar-refractivity contribution in [1.82, 2.24) is 0 Å². The highest BCUT2D eigenvalue weighted by atomic mass is 16.6. The standard InChI is InChI=1S/C23H23NO4/c1-23(2,3)22(26)24-18-9-6-10-19(14-18)27-15-21(25)28-20-12-11-16-7-4-5-8-17(16)13-20/h4-14H,15H2,1-3H3,(H,24,26). The molecule has 1 N–H and O–H groups in total. The number of hydrogen-bond donors (Lipinski definition) is 1. The van der Waals surface area contributed by atoms with E-state index in [1.54, 1.807) is 30.3 Å². The number of hydrogen-bond acceptors (Lipinski definition) is 4. The average molecular weight is 377 g/mol. The zero-order chi connectivity index (χ0) is 20.1. The molecule has 28 heavy (non-hydrogen) atoms. The van der Waals surface area contributed by atoms with Crippen LogP contribution >= 0.6 is 0 Å². The average Bonchev–Trinajstić information content (AvgIpc) is 2.66. The third-order valence-corrected chi connectivity index (χ3v) is 4.08. The van der Waals surface area contributed by atoms with Crippen molar-refractivity contribution in [1.29, 1.82) is 0 Å². The second kappa shape index (κ2) is 8.13. The number of anilines is 1. The van der Waals surface area contributed by atoms with Gasteiger partial charge < -0.3 is 14.8 Å². The van der Waals surface area contributed by atoms with Gasteiger partial charge in [-0.3, -0.25) is 4.79 Å². The van der Waals surface area contributed by atoms with Crippen molar-refractivity contribution in [3.8, 4) is 11.5 Å². The molecule has 0 bridgehead atoms. The first-order valence-electron chi connectivity index (χ1n) is 9.05. The fourth-order valence-corrected chi connectivity index (χ4v) is 2.52. The molecule has 0 atom stereocenters. The summed E-state index contributed by atoms with van der Waals surface area (Å²) in [5.41, 5.74) is 0.112. The molecular formula is C23H23NO4. The van der Waals surface area contributed by atoms with Gasteiger partial charge in [-0.25, -0.2) is 4.79 Å². The largest absolute Gasteiger partial charge is 0.482 e. The highest BCUT2D eigenvalue weighted by Crippen LogP contribution is 2.22. The van der Waals surface area contributed by atoms with Gasteiger partial charge in [-0.05, 0) is 35.0 Å². The molecule has 0 unspecified atom stereocenters. The number of nitrogens with one attached hydrogen (secondary N) is 1. The van der Waals surface area contributed by atoms with Crippen LogP contribution in [0.4, 0.5) is 5.69 Å². The van der Waals surface area contributed by atoms with E-state index >= 15 is 0 Å². The van der Waals surface area contributed by atoms with Gasteiger partial charge in [-0.1, -0.05) is 57.2 Å². The Bertz CT molecular complexity index is 1000. The topological polar surface area (TPSA) is 64.6 Å². The molecule has 3 aromatic carbocycles. The summed E-state index contributed by atoms with van der Waals surface area (Å²) in [5.74, 6) is 0.348. The van der Waals surface area contributed by atoms with Crippen LogP contribution in [0.15, 0.2) is 66.7 Å². The minimum Gasteiger partial charge on any atom is -0.482 e. The lowest BCUT2D eigenvalue weighted by molar-refractivity contribution is -0.136. The molecule has 5 nitrogen and oxygen atoms in total. The van der Waals surface area contributed by atoms with Crippen LogP contribution in [-0.2, 0) is 9.59 Å². The van der Waals surface area contributed by atoms with Crippen LogP contribution in [0.25, 0.3) is 10.8 Å². The number of esters is 1. The van der Waals surface area contributed by atoms with Gasteiger partial charge in [0.1, 0.15) is 11.5 Å². The fraction of sp³-hybridized carbons (Fsp3) is 0.217. The predicted molar refractivity (Wildman–Crippen MR) is 110 cm³/mol. The fourth-order valence-electron chi connectivity index (χ4n) is 2.52. The molecular weight excluding hydrogens is 354 g/mol. The lowest BCUT2D eigenvalue weighted by Crippen LogP contribution is -2.27. The number of benzene rings is 3. The first-order chi connectivity index (χ1) is 13.3. The van der Waals surface area contributed by atoms with Crippen LogP contribution in [0.5, 0.6) is 11.5 Å². The van der Waals surface area contributed by atoms with Crippen molar-refractivity contribution >= 4 is 28.3 Å². The highest BCUT2D eigenvalue weighted by Gasteiger charge is 2.21. The van der Waals surface area contributed by atoms with Crippen LogP contribution < -0.4 is 14.8 Å². The summed E-state index contributed by atoms with van der Waals surface area (Å²) in [6.07, 6.45) is 0. The lowest BCUT2D eigenvalue weighted by atomic mass is 9.95. The summed E-state index contributed by atoms with van der Waals surface area (Å²) in [7, 11) is 0. The van der Waals surface area contributed by atoms with E-state index in [-0.39, 0.29) is 12.5 Å². The second-order valence-corrected chi connectivity index (χ2v) is 7.50. The summed E-state index contributed by atoms with van der Waals surface area (Å²) in [6, 6.07) is 20.2. The molecule has 3 aromatic rings. The summed E-state index contributed by atoms with van der Waals surface area (Å²) >= 11 is 0. The summed E-state index contributed by atoms with van der Waals surface area (Å²) in [4.78, 5) is 24.2. The van der Waals surface area contributed by atoms with E-state index in [2.05, 4.69) is 5.32 Å². The predicted octanol–water partition coefficient (Wildman–Crippen LogP) is 4.81. The van der Waals surface area contributed by atoms with Crippen molar-refractivity contribution in [3.63, 3.8) is 0 Å². The number of carbonyl (C=O) groups excluding carboxylic acids is 2. The lowest BCUT2D eigenvalue weighted by Gasteiger charge is -2.18. The molecule has 0 aliphatic rings. The second-order valence-electron chi connectivity index (χ2n) is 7.50. The van der Waals surface area contributed by atoms with Gasteiger partial charge in [0, 0.05) is 17.2 Å². The molecule has 0 aliphatic carbocycles. The monoisotopic (exact) mass is 377 g/mol. The highest BCUT2D eigenvalue weighted by molar-refractivity contribution is 5.94. The van der Waals surface area contributed by atoms with E-state index in [0.717, 1.165) is 10.8 Å². The van der Waals surface area contributed by atoms with E-state index in [4.69, 9.17) is 9.47 Å². The first-order valence-corrected chi connectivity index (χ1v) is 9.05. The van der Waals surface area contributed by atoms with Crippen molar-refractivity contribution < 1.29 is 19.1 Å². The Morgan fingerprint density at radius 2 is 1.61 bits per heavy atom. The number of fused-ring (bicyclic) bond motifs is 1. The van der Waals surface area contributed by atoms with Gasteiger partial charge in [0.15, 0.2) is 6.61 Å². The molecule has 144 valence electrons. The van der Waals surface area contributed by atoms with Crippen molar-refractivity contribution in [2.24, 2.45) is 5.41 Å². The summed E-state index contributed by atoms with van der Waals surface area (Å²) in [6.45, 7) is 5.28. The van der Waals surface area contributed by atoms with Gasteiger partial charge >= 0.3 is 5.97 Å². The normalized spacial score (nSPS) is 11.1. The van der Waals surface area contributed by atoms with Crippen LogP contribution in [0.1, 0.15) is 20.8 Å². The SMILES string of the molecule is CC(C)(C)C(=O)Nc1cccc(OCC(=O)Oc2ccc3ccccc3c2)c1. The van der Waals surface area contributed by atoms with E-state index < -0.39 is 11.4 Å². The maximum Gasteiger partial charge on any atom is 0.349 e. The Morgan fingerprint density at radius 1 is 0.857 bits per heavy atom. The number of carbonyl (C=O) groups is 2. The van der Waals surface area contributed by atoms with Crippen molar-refractivity contribution in [2.45, 2.75) is 20.8 Å². The Hall–Kier alpha value is -3.34. The molecule has 0 fully saturated rings. The maximum absolute atomic E-state index is 12.1. The molecule has 5 heteroatoms. The molecule has 0 heterocycles. The summed E-state index contributed by atoms with van der Waals surface area (Å²) in [5, 5.41) is 4.90. The van der Waals surface area contributed by atoms with Gasteiger partial charge in [0.25, 0.3) is 0 Å². The molecule has 1 amide bonds. The van der Waals surface area contributed by atoms with E-state index in [1.165, 1.54) is 0 Å². The Labute approximate surface area is 164 Å². The van der Waals surface area contributed by atoms with Gasteiger partial charge in [-0.15, -0.1) is 0 Å². The number of ether oxygens (including phenoxy) is 2. The Kier molecular flexibility index (Phi) is 5.64. The molecule has 0 radical (unpaired) electrons. The van der Waals surface area contributed by atoms with Crippen LogP contribution in [0, 0.1) is 5.41 Å².